The molecule has 2 aromatic rings. The van der Waals surface area contributed by atoms with Crippen LogP contribution in [0.5, 0.6) is 0 Å². The standard InChI is InChI=1S/C9H8N2/c1-3-8(10-5-1)7-9-4-2-6-11-9/h1-6H,7H2/q-2. The molecular formula is C9H8N2-2. The van der Waals surface area contributed by atoms with Gasteiger partial charge in [-0.05, 0) is 6.42 Å². The molecule has 2 rings (SSSR count). The van der Waals surface area contributed by atoms with Gasteiger partial charge in [0.15, 0.2) is 0 Å². The van der Waals surface area contributed by atoms with Gasteiger partial charge in [0.1, 0.15) is 0 Å². The van der Waals surface area contributed by atoms with Crippen molar-refractivity contribution < 1.29 is 0 Å². The molecule has 0 amide bonds. The molecule has 0 aliphatic rings. The van der Waals surface area contributed by atoms with Crippen LogP contribution in [0.15, 0.2) is 36.7 Å². The van der Waals surface area contributed by atoms with Crippen molar-refractivity contribution in [3.8, 4) is 0 Å². The second-order valence-electron chi connectivity index (χ2n) is 2.43. The van der Waals surface area contributed by atoms with Gasteiger partial charge in [0.25, 0.3) is 0 Å². The summed E-state index contributed by atoms with van der Waals surface area (Å²) in [5, 5.41) is 0. The van der Waals surface area contributed by atoms with Crippen LogP contribution in [0, 0.1) is 0 Å². The Kier molecular flexibility index (Phi) is 1.52. The third-order valence-corrected chi connectivity index (χ3v) is 1.59. The van der Waals surface area contributed by atoms with Crippen LogP contribution in [-0.2, 0) is 6.42 Å². The van der Waals surface area contributed by atoms with E-state index in [9.17, 15) is 0 Å². The summed E-state index contributed by atoms with van der Waals surface area (Å²) in [6.45, 7) is 0. The van der Waals surface area contributed by atoms with Crippen molar-refractivity contribution in [3.63, 3.8) is 0 Å². The Bertz CT molecular complexity index is 260. The van der Waals surface area contributed by atoms with Gasteiger partial charge in [-0.2, -0.15) is 23.8 Å². The van der Waals surface area contributed by atoms with Gasteiger partial charge < -0.3 is 9.97 Å². The lowest BCUT2D eigenvalue weighted by Gasteiger charge is -2.09. The molecule has 0 aliphatic heterocycles. The Morgan fingerprint density at radius 1 is 0.909 bits per heavy atom. The minimum atomic E-state index is 0.847. The van der Waals surface area contributed by atoms with Crippen LogP contribution in [0.3, 0.4) is 0 Å². The lowest BCUT2D eigenvalue weighted by molar-refractivity contribution is 1.03. The fourth-order valence-corrected chi connectivity index (χ4v) is 1.07. The van der Waals surface area contributed by atoms with E-state index < -0.39 is 0 Å². The average molecular weight is 144 g/mol. The first kappa shape index (κ1) is 6.28. The van der Waals surface area contributed by atoms with Crippen molar-refractivity contribution >= 4 is 0 Å². The van der Waals surface area contributed by atoms with E-state index in [0.29, 0.717) is 0 Å². The molecule has 2 heteroatoms. The molecule has 0 saturated heterocycles. The molecule has 11 heavy (non-hydrogen) atoms. The molecule has 0 bridgehead atoms. The van der Waals surface area contributed by atoms with Crippen molar-refractivity contribution in [2.75, 3.05) is 0 Å². The first-order valence-electron chi connectivity index (χ1n) is 3.58. The highest BCUT2D eigenvalue weighted by atomic mass is 14.7. The minimum absolute atomic E-state index is 0.847. The average Bonchev–Trinajstić information content (AvgIpc) is 2.60. The third kappa shape index (κ3) is 1.34. The first-order valence-corrected chi connectivity index (χ1v) is 3.58. The fraction of sp³-hybridized carbons (Fsp3) is 0.111. The summed E-state index contributed by atoms with van der Waals surface area (Å²) < 4.78 is 0. The topological polar surface area (TPSA) is 28.2 Å². The zero-order valence-corrected chi connectivity index (χ0v) is 6.07. The third-order valence-electron chi connectivity index (χ3n) is 1.59. The second-order valence-corrected chi connectivity index (χ2v) is 2.43. The van der Waals surface area contributed by atoms with Crippen LogP contribution in [0.2, 0.25) is 0 Å². The van der Waals surface area contributed by atoms with Crippen molar-refractivity contribution in [2.24, 2.45) is 0 Å². The summed E-state index contributed by atoms with van der Waals surface area (Å²) in [5.41, 5.74) is 2.17. The van der Waals surface area contributed by atoms with Crippen molar-refractivity contribution in [2.45, 2.75) is 6.42 Å². The Hall–Kier alpha value is -1.44. The molecule has 0 radical (unpaired) electrons. The molecule has 0 aromatic carbocycles. The predicted octanol–water partition coefficient (Wildman–Crippen LogP) is 1.19. The van der Waals surface area contributed by atoms with Crippen LogP contribution < -0.4 is 9.97 Å². The van der Waals surface area contributed by atoms with Crippen LogP contribution in [0.1, 0.15) is 11.4 Å². The summed E-state index contributed by atoms with van der Waals surface area (Å²) >= 11 is 0. The maximum Gasteiger partial charge on any atom is -0.0439 e. The number of hydrogen-bond donors (Lipinski definition) is 0. The molecule has 0 atom stereocenters. The molecule has 0 fully saturated rings. The first-order chi connectivity index (χ1) is 5.45. The van der Waals surface area contributed by atoms with E-state index in [1.54, 1.807) is 12.4 Å². The minimum Gasteiger partial charge on any atom is -0.667 e. The van der Waals surface area contributed by atoms with Gasteiger partial charge in [0.2, 0.25) is 0 Å². The molecule has 0 N–H and O–H groups in total. The maximum absolute atomic E-state index is 4.15. The molecule has 0 unspecified atom stereocenters. The Morgan fingerprint density at radius 2 is 1.45 bits per heavy atom. The highest BCUT2D eigenvalue weighted by Gasteiger charge is 1.81. The van der Waals surface area contributed by atoms with E-state index in [0.717, 1.165) is 17.8 Å². The van der Waals surface area contributed by atoms with Crippen LogP contribution in [0.25, 0.3) is 0 Å². The van der Waals surface area contributed by atoms with Gasteiger partial charge in [-0.3, -0.25) is 0 Å². The van der Waals surface area contributed by atoms with E-state index in [1.807, 2.05) is 24.3 Å². The molecular weight excluding hydrogens is 136 g/mol. The summed E-state index contributed by atoms with van der Waals surface area (Å²) in [5.74, 6) is 0. The van der Waals surface area contributed by atoms with Gasteiger partial charge >= 0.3 is 0 Å². The smallest absolute Gasteiger partial charge is 0.0439 e. The maximum atomic E-state index is 4.15. The van der Waals surface area contributed by atoms with Gasteiger partial charge in [-0.25, -0.2) is 0 Å². The predicted molar refractivity (Wildman–Crippen MR) is 42.3 cm³/mol. The molecule has 2 heterocycles. The molecule has 0 spiro atoms. The van der Waals surface area contributed by atoms with Crippen LogP contribution in [0.4, 0.5) is 0 Å². The number of aromatic nitrogens is 2. The van der Waals surface area contributed by atoms with E-state index >= 15 is 0 Å². The number of rotatable bonds is 2. The van der Waals surface area contributed by atoms with Gasteiger partial charge in [0.05, 0.1) is 0 Å². The Labute approximate surface area is 65.3 Å². The number of hydrogen-bond acceptors (Lipinski definition) is 0. The Balaban J connectivity index is 2.14. The van der Waals surface area contributed by atoms with Gasteiger partial charge in [-0.1, -0.05) is 24.3 Å². The van der Waals surface area contributed by atoms with Crippen LogP contribution in [-0.4, -0.2) is 0 Å². The normalized spacial score (nSPS) is 10.2. The fourth-order valence-electron chi connectivity index (χ4n) is 1.07. The zero-order valence-electron chi connectivity index (χ0n) is 6.07. The van der Waals surface area contributed by atoms with Gasteiger partial charge in [0, 0.05) is 0 Å². The van der Waals surface area contributed by atoms with Crippen molar-refractivity contribution in [1.29, 1.82) is 0 Å². The quantitative estimate of drug-likeness (QED) is 0.633. The summed E-state index contributed by atoms with van der Waals surface area (Å²) in [6.07, 6.45) is 4.45. The summed E-state index contributed by atoms with van der Waals surface area (Å²) in [4.78, 5) is 8.30. The van der Waals surface area contributed by atoms with E-state index in [4.69, 9.17) is 0 Å². The van der Waals surface area contributed by atoms with Crippen molar-refractivity contribution in [1.82, 2.24) is 9.97 Å². The molecule has 2 nitrogen and oxygen atoms in total. The molecule has 0 aliphatic carbocycles. The highest BCUT2D eigenvalue weighted by Crippen LogP contribution is 2.02. The van der Waals surface area contributed by atoms with Gasteiger partial charge in [-0.15, -0.1) is 0 Å². The lowest BCUT2D eigenvalue weighted by Crippen LogP contribution is -1.89. The molecule has 56 valence electrons. The zero-order chi connectivity index (χ0) is 7.52. The summed E-state index contributed by atoms with van der Waals surface area (Å²) in [7, 11) is 0. The largest absolute Gasteiger partial charge is 0.667 e. The monoisotopic (exact) mass is 144 g/mol. The van der Waals surface area contributed by atoms with Crippen LogP contribution >= 0.6 is 0 Å². The second kappa shape index (κ2) is 2.66. The highest BCUT2D eigenvalue weighted by molar-refractivity contribution is 5.14. The van der Waals surface area contributed by atoms with E-state index in [-0.39, 0.29) is 0 Å². The van der Waals surface area contributed by atoms with E-state index in [2.05, 4.69) is 9.97 Å². The number of nitrogens with zero attached hydrogens (tertiary/aromatic N) is 2. The van der Waals surface area contributed by atoms with E-state index in [1.165, 1.54) is 0 Å². The molecule has 0 saturated carbocycles. The summed E-state index contributed by atoms with van der Waals surface area (Å²) in [6, 6.07) is 7.90. The SMILES string of the molecule is c1c[n-]c(Cc2ccc[n-]2)c1. The molecule has 2 aromatic heterocycles. The van der Waals surface area contributed by atoms with Crippen molar-refractivity contribution in [3.05, 3.63) is 48.0 Å². The Morgan fingerprint density at radius 3 is 1.82 bits per heavy atom. The lowest BCUT2D eigenvalue weighted by atomic mass is 10.2.